The Bertz CT molecular complexity index is 493. The monoisotopic (exact) mass is 512 g/mol. The quantitative estimate of drug-likeness (QED) is 0.246. The van der Waals surface area contributed by atoms with Gasteiger partial charge in [-0.1, -0.05) is 0 Å². The molecule has 2 atom stereocenters. The van der Waals surface area contributed by atoms with Crippen LogP contribution in [0, 0.1) is 0 Å². The minimum absolute atomic E-state index is 0. The van der Waals surface area contributed by atoms with Crippen LogP contribution in [0.25, 0.3) is 0 Å². The summed E-state index contributed by atoms with van der Waals surface area (Å²) >= 11 is 0. The van der Waals surface area contributed by atoms with Gasteiger partial charge in [-0.3, -0.25) is 4.99 Å². The number of aliphatic imine (C=N–C) groups is 1. The molecule has 2 rings (SSSR count). The van der Waals surface area contributed by atoms with Crippen LogP contribution in [0.5, 0.6) is 0 Å². The number of carbonyl (C=O) groups is 1. The number of morpholine rings is 1. The standard InChI is InChI=1S/C19H36N4O4.HI/c1-5-20-17(21-9-7-10-22-18(24)27-19(2,3)4)23-11-13-26-16(14-23)15-8-6-12-25-15;/h15-16H,5-14H2,1-4H3,(H,20,21)(H,22,24);1H. The number of halogens is 1. The Hall–Kier alpha value is -0.810. The largest absolute Gasteiger partial charge is 0.444 e. The highest BCUT2D eigenvalue weighted by atomic mass is 127. The van der Waals surface area contributed by atoms with E-state index < -0.39 is 5.60 Å². The summed E-state index contributed by atoms with van der Waals surface area (Å²) in [6.45, 7) is 12.8. The summed E-state index contributed by atoms with van der Waals surface area (Å²) in [6.07, 6.45) is 2.87. The number of nitrogens with zero attached hydrogens (tertiary/aromatic N) is 2. The molecule has 9 heteroatoms. The molecule has 0 aliphatic carbocycles. The Morgan fingerprint density at radius 3 is 2.61 bits per heavy atom. The lowest BCUT2D eigenvalue weighted by molar-refractivity contribution is -0.0817. The Morgan fingerprint density at radius 2 is 1.96 bits per heavy atom. The molecule has 2 aliphatic heterocycles. The topological polar surface area (TPSA) is 84.4 Å². The van der Waals surface area contributed by atoms with Crippen LogP contribution in [0.4, 0.5) is 4.79 Å². The van der Waals surface area contributed by atoms with Gasteiger partial charge < -0.3 is 29.7 Å². The van der Waals surface area contributed by atoms with Crippen LogP contribution in [0.1, 0.15) is 47.0 Å². The zero-order valence-corrected chi connectivity index (χ0v) is 20.0. The number of alkyl carbamates (subject to hydrolysis) is 1. The number of nitrogens with one attached hydrogen (secondary N) is 2. The second-order valence-electron chi connectivity index (χ2n) is 7.92. The SMILES string of the molecule is CCNC(=NCCCNC(=O)OC(C)(C)C)N1CCOC(C2CCCO2)C1.I. The van der Waals surface area contributed by atoms with Crippen LogP contribution >= 0.6 is 24.0 Å². The molecule has 2 N–H and O–H groups in total. The van der Waals surface area contributed by atoms with Crippen molar-refractivity contribution in [2.24, 2.45) is 4.99 Å². The van der Waals surface area contributed by atoms with Gasteiger partial charge in [0.05, 0.1) is 12.7 Å². The summed E-state index contributed by atoms with van der Waals surface area (Å²) in [5.41, 5.74) is -0.476. The number of amides is 1. The molecule has 0 spiro atoms. The number of guanidine groups is 1. The van der Waals surface area contributed by atoms with Crippen molar-refractivity contribution in [3.63, 3.8) is 0 Å². The average molecular weight is 512 g/mol. The van der Waals surface area contributed by atoms with Crippen molar-refractivity contribution < 1.29 is 19.0 Å². The van der Waals surface area contributed by atoms with E-state index in [0.29, 0.717) is 19.7 Å². The fraction of sp³-hybridized carbons (Fsp3) is 0.895. The third-order valence-electron chi connectivity index (χ3n) is 4.37. The molecule has 8 nitrogen and oxygen atoms in total. The molecule has 0 radical (unpaired) electrons. The van der Waals surface area contributed by atoms with E-state index in [1.54, 1.807) is 0 Å². The van der Waals surface area contributed by atoms with E-state index in [1.807, 2.05) is 20.8 Å². The summed E-state index contributed by atoms with van der Waals surface area (Å²) in [7, 11) is 0. The van der Waals surface area contributed by atoms with Crippen molar-refractivity contribution in [3.8, 4) is 0 Å². The lowest BCUT2D eigenvalue weighted by Gasteiger charge is -2.37. The van der Waals surface area contributed by atoms with Crippen molar-refractivity contribution in [2.75, 3.05) is 45.9 Å². The highest BCUT2D eigenvalue weighted by Gasteiger charge is 2.32. The molecule has 1 amide bonds. The van der Waals surface area contributed by atoms with Crippen LogP contribution < -0.4 is 10.6 Å². The minimum Gasteiger partial charge on any atom is -0.444 e. The van der Waals surface area contributed by atoms with Gasteiger partial charge in [-0.25, -0.2) is 4.79 Å². The summed E-state index contributed by atoms with van der Waals surface area (Å²) in [5.74, 6) is 0.904. The first kappa shape index (κ1) is 25.2. The van der Waals surface area contributed by atoms with E-state index in [-0.39, 0.29) is 42.3 Å². The van der Waals surface area contributed by atoms with E-state index in [4.69, 9.17) is 19.2 Å². The second kappa shape index (κ2) is 12.7. The summed E-state index contributed by atoms with van der Waals surface area (Å²) < 4.78 is 16.9. The van der Waals surface area contributed by atoms with Crippen LogP contribution in [0.15, 0.2) is 4.99 Å². The molecule has 28 heavy (non-hydrogen) atoms. The highest BCUT2D eigenvalue weighted by molar-refractivity contribution is 14.0. The Labute approximate surface area is 186 Å². The molecule has 0 aromatic carbocycles. The maximum atomic E-state index is 11.7. The molecule has 0 saturated carbocycles. The molecule has 0 bridgehead atoms. The number of hydrogen-bond donors (Lipinski definition) is 2. The predicted molar refractivity (Wildman–Crippen MR) is 121 cm³/mol. The van der Waals surface area contributed by atoms with Crippen LogP contribution in [0.3, 0.4) is 0 Å². The minimum atomic E-state index is -0.476. The fourth-order valence-electron chi connectivity index (χ4n) is 3.18. The molecule has 2 heterocycles. The molecular weight excluding hydrogens is 475 g/mol. The normalized spacial score (nSPS) is 23.1. The fourth-order valence-corrected chi connectivity index (χ4v) is 3.18. The lowest BCUT2D eigenvalue weighted by Crippen LogP contribution is -2.53. The van der Waals surface area contributed by atoms with Crippen molar-refractivity contribution in [2.45, 2.75) is 64.8 Å². The van der Waals surface area contributed by atoms with E-state index in [9.17, 15) is 4.79 Å². The van der Waals surface area contributed by atoms with Gasteiger partial charge in [-0.2, -0.15) is 0 Å². The number of hydrogen-bond acceptors (Lipinski definition) is 5. The van der Waals surface area contributed by atoms with Gasteiger partial charge >= 0.3 is 6.09 Å². The van der Waals surface area contributed by atoms with Gasteiger partial charge in [0.2, 0.25) is 0 Å². The molecular formula is C19H37IN4O4. The van der Waals surface area contributed by atoms with E-state index in [2.05, 4.69) is 22.5 Å². The molecule has 2 fully saturated rings. The zero-order valence-electron chi connectivity index (χ0n) is 17.7. The molecule has 2 saturated heterocycles. The van der Waals surface area contributed by atoms with Gasteiger partial charge in [-0.05, 0) is 47.0 Å². The Balaban J connectivity index is 0.00000392. The highest BCUT2D eigenvalue weighted by Crippen LogP contribution is 2.21. The lowest BCUT2D eigenvalue weighted by atomic mass is 10.1. The van der Waals surface area contributed by atoms with Gasteiger partial charge in [0.25, 0.3) is 0 Å². The van der Waals surface area contributed by atoms with Crippen molar-refractivity contribution >= 4 is 36.0 Å². The van der Waals surface area contributed by atoms with Crippen molar-refractivity contribution in [1.82, 2.24) is 15.5 Å². The van der Waals surface area contributed by atoms with Gasteiger partial charge in [-0.15, -0.1) is 24.0 Å². The number of ether oxygens (including phenoxy) is 3. The third-order valence-corrected chi connectivity index (χ3v) is 4.37. The Kier molecular flexibility index (Phi) is 11.4. The third kappa shape index (κ3) is 9.13. The predicted octanol–water partition coefficient (Wildman–Crippen LogP) is 2.36. The van der Waals surface area contributed by atoms with E-state index in [0.717, 1.165) is 51.5 Å². The van der Waals surface area contributed by atoms with Crippen LogP contribution in [-0.2, 0) is 14.2 Å². The molecule has 164 valence electrons. The van der Waals surface area contributed by atoms with Crippen LogP contribution in [0.2, 0.25) is 0 Å². The first-order valence-corrected chi connectivity index (χ1v) is 10.1. The van der Waals surface area contributed by atoms with Crippen LogP contribution in [-0.4, -0.2) is 80.7 Å². The first-order chi connectivity index (χ1) is 12.9. The average Bonchev–Trinajstić information content (AvgIpc) is 3.14. The first-order valence-electron chi connectivity index (χ1n) is 10.1. The van der Waals surface area contributed by atoms with Gasteiger partial charge in [0, 0.05) is 39.3 Å². The number of carbonyl (C=O) groups excluding carboxylic acids is 1. The number of rotatable bonds is 6. The smallest absolute Gasteiger partial charge is 0.407 e. The van der Waals surface area contributed by atoms with Crippen molar-refractivity contribution in [3.05, 3.63) is 0 Å². The second-order valence-corrected chi connectivity index (χ2v) is 7.92. The molecule has 2 unspecified atom stereocenters. The molecule has 0 aromatic heterocycles. The molecule has 0 aromatic rings. The van der Waals surface area contributed by atoms with Crippen molar-refractivity contribution in [1.29, 1.82) is 0 Å². The summed E-state index contributed by atoms with van der Waals surface area (Å²) in [5, 5.41) is 6.13. The maximum absolute atomic E-state index is 11.7. The van der Waals surface area contributed by atoms with E-state index in [1.165, 1.54) is 0 Å². The van der Waals surface area contributed by atoms with E-state index >= 15 is 0 Å². The summed E-state index contributed by atoms with van der Waals surface area (Å²) in [4.78, 5) is 18.6. The van der Waals surface area contributed by atoms with Gasteiger partial charge in [0.1, 0.15) is 11.7 Å². The summed E-state index contributed by atoms with van der Waals surface area (Å²) in [6, 6.07) is 0. The zero-order chi connectivity index (χ0) is 19.7. The van der Waals surface area contributed by atoms with Gasteiger partial charge in [0.15, 0.2) is 5.96 Å². The Morgan fingerprint density at radius 1 is 1.21 bits per heavy atom. The maximum Gasteiger partial charge on any atom is 0.407 e. The molecule has 2 aliphatic rings.